The van der Waals surface area contributed by atoms with Crippen molar-refractivity contribution in [1.82, 2.24) is 24.7 Å². The van der Waals surface area contributed by atoms with Crippen molar-refractivity contribution in [2.45, 2.75) is 12.6 Å². The molecule has 1 aromatic heterocycles. The van der Waals surface area contributed by atoms with Gasteiger partial charge in [0.1, 0.15) is 0 Å². The Balaban J connectivity index is 1.58. The minimum absolute atomic E-state index is 0.0601. The van der Waals surface area contributed by atoms with Crippen LogP contribution in [0, 0.1) is 0 Å². The number of alkyl halides is 3. The Kier molecular flexibility index (Phi) is 9.38. The second-order valence-electron chi connectivity index (χ2n) is 8.01. The first kappa shape index (κ1) is 26.4. The molecule has 0 N–H and O–H groups in total. The van der Waals surface area contributed by atoms with Crippen molar-refractivity contribution in [3.63, 3.8) is 0 Å². The maximum absolute atomic E-state index is 12.8. The fourth-order valence-corrected chi connectivity index (χ4v) is 3.49. The molecule has 0 unspecified atom stereocenters. The average Bonchev–Trinajstić information content (AvgIpc) is 2.86. The number of aromatic nitrogens is 2. The van der Waals surface area contributed by atoms with Gasteiger partial charge < -0.3 is 19.3 Å². The monoisotopic (exact) mass is 495 g/mol. The zero-order chi connectivity index (χ0) is 25.3. The van der Waals surface area contributed by atoms with Gasteiger partial charge in [-0.2, -0.15) is 13.2 Å². The van der Waals surface area contributed by atoms with E-state index in [4.69, 9.17) is 9.47 Å². The number of carbonyl (C=O) groups excluding carboxylic acids is 2. The summed E-state index contributed by atoms with van der Waals surface area (Å²) in [5.74, 6) is -0.390. The van der Waals surface area contributed by atoms with Crippen molar-refractivity contribution < 1.29 is 32.2 Å². The van der Waals surface area contributed by atoms with Gasteiger partial charge in [-0.05, 0) is 30.7 Å². The molecular weight excluding hydrogens is 467 g/mol. The largest absolute Gasteiger partial charge is 0.416 e. The molecule has 0 saturated carbocycles. The molecule has 1 aliphatic rings. The van der Waals surface area contributed by atoms with Gasteiger partial charge in [0, 0.05) is 64.3 Å². The maximum Gasteiger partial charge on any atom is 0.416 e. The summed E-state index contributed by atoms with van der Waals surface area (Å²) in [4.78, 5) is 38.3. The number of rotatable bonds is 9. The van der Waals surface area contributed by atoms with Crippen LogP contribution in [0.3, 0.4) is 0 Å². The van der Waals surface area contributed by atoms with E-state index in [1.165, 1.54) is 35.4 Å². The van der Waals surface area contributed by atoms with Crippen LogP contribution >= 0.6 is 0 Å². The standard InChI is InChI=1S/C23H28F3N5O4/c1-29(21(32)18-3-5-19(6-4-18)23(24,25)26)11-12-31(10-2-9-30-13-15-34-16-14-30)22(33)35-20-17-27-7-8-28-20/h3-8,17H,2,9-16H2,1H3. The number of benzene rings is 1. The molecule has 3 rings (SSSR count). The first-order valence-electron chi connectivity index (χ1n) is 11.2. The summed E-state index contributed by atoms with van der Waals surface area (Å²) in [6.45, 7) is 4.50. The Morgan fingerprint density at radius 3 is 2.43 bits per heavy atom. The average molecular weight is 496 g/mol. The smallest absolute Gasteiger partial charge is 0.389 e. The minimum atomic E-state index is -4.47. The summed E-state index contributed by atoms with van der Waals surface area (Å²) in [6.07, 6.45) is -0.224. The normalized spacial score (nSPS) is 14.4. The highest BCUT2D eigenvalue weighted by Gasteiger charge is 2.30. The third kappa shape index (κ3) is 8.18. The van der Waals surface area contributed by atoms with E-state index in [0.29, 0.717) is 26.2 Å². The van der Waals surface area contributed by atoms with E-state index in [9.17, 15) is 22.8 Å². The number of nitrogens with zero attached hydrogens (tertiary/aromatic N) is 5. The van der Waals surface area contributed by atoms with Crippen LogP contribution < -0.4 is 4.74 Å². The fraction of sp³-hybridized carbons (Fsp3) is 0.478. The van der Waals surface area contributed by atoms with Crippen molar-refractivity contribution in [3.8, 4) is 5.88 Å². The third-order valence-corrected chi connectivity index (χ3v) is 5.51. The predicted octanol–water partition coefficient (Wildman–Crippen LogP) is 2.79. The summed E-state index contributed by atoms with van der Waals surface area (Å²) in [7, 11) is 1.53. The van der Waals surface area contributed by atoms with Gasteiger partial charge >= 0.3 is 12.3 Å². The van der Waals surface area contributed by atoms with Crippen LogP contribution in [0.4, 0.5) is 18.0 Å². The van der Waals surface area contributed by atoms with Gasteiger partial charge in [0.15, 0.2) is 0 Å². The topological polar surface area (TPSA) is 88.1 Å². The van der Waals surface area contributed by atoms with E-state index < -0.39 is 23.7 Å². The first-order chi connectivity index (χ1) is 16.7. The summed E-state index contributed by atoms with van der Waals surface area (Å²) in [5, 5.41) is 0. The number of hydrogen-bond donors (Lipinski definition) is 0. The lowest BCUT2D eigenvalue weighted by Gasteiger charge is -2.28. The van der Waals surface area contributed by atoms with Crippen LogP contribution in [-0.2, 0) is 10.9 Å². The van der Waals surface area contributed by atoms with E-state index in [2.05, 4.69) is 14.9 Å². The summed E-state index contributed by atoms with van der Waals surface area (Å²) in [6, 6.07) is 4.03. The Morgan fingerprint density at radius 1 is 1.09 bits per heavy atom. The SMILES string of the molecule is CN(CCN(CCCN1CCOCC1)C(=O)Oc1cnccn1)C(=O)c1ccc(C(F)(F)F)cc1. The van der Waals surface area contributed by atoms with Gasteiger partial charge in [-0.15, -0.1) is 0 Å². The molecule has 0 radical (unpaired) electrons. The van der Waals surface area contributed by atoms with E-state index in [-0.39, 0.29) is 24.5 Å². The van der Waals surface area contributed by atoms with Crippen LogP contribution in [-0.4, -0.2) is 96.2 Å². The second-order valence-corrected chi connectivity index (χ2v) is 8.01. The zero-order valence-electron chi connectivity index (χ0n) is 19.4. The van der Waals surface area contributed by atoms with Crippen LogP contribution in [0.25, 0.3) is 0 Å². The van der Waals surface area contributed by atoms with Gasteiger partial charge in [0.25, 0.3) is 5.91 Å². The number of amides is 2. The van der Waals surface area contributed by atoms with E-state index in [0.717, 1.165) is 43.9 Å². The van der Waals surface area contributed by atoms with Gasteiger partial charge in [-0.1, -0.05) is 0 Å². The highest BCUT2D eigenvalue weighted by atomic mass is 19.4. The van der Waals surface area contributed by atoms with Crippen LogP contribution in [0.2, 0.25) is 0 Å². The van der Waals surface area contributed by atoms with E-state index >= 15 is 0 Å². The molecule has 2 amide bonds. The Bertz CT molecular complexity index is 954. The van der Waals surface area contributed by atoms with E-state index in [1.54, 1.807) is 0 Å². The molecule has 9 nitrogen and oxygen atoms in total. The zero-order valence-corrected chi connectivity index (χ0v) is 19.4. The van der Waals surface area contributed by atoms with Gasteiger partial charge in [-0.25, -0.2) is 9.78 Å². The fourth-order valence-electron chi connectivity index (χ4n) is 3.49. The van der Waals surface area contributed by atoms with Crippen molar-refractivity contribution in [2.75, 3.05) is 59.5 Å². The molecule has 1 saturated heterocycles. The van der Waals surface area contributed by atoms with Gasteiger partial charge in [0.05, 0.1) is 25.0 Å². The van der Waals surface area contributed by atoms with Gasteiger partial charge in [-0.3, -0.25) is 14.7 Å². The lowest BCUT2D eigenvalue weighted by atomic mass is 10.1. The van der Waals surface area contributed by atoms with Crippen molar-refractivity contribution >= 4 is 12.0 Å². The number of halogens is 3. The molecule has 1 aromatic carbocycles. The molecule has 0 atom stereocenters. The van der Waals surface area contributed by atoms with E-state index in [1.807, 2.05) is 0 Å². The maximum atomic E-state index is 12.8. The Hall–Kier alpha value is -3.25. The lowest BCUT2D eigenvalue weighted by molar-refractivity contribution is -0.137. The minimum Gasteiger partial charge on any atom is -0.389 e. The molecule has 0 bridgehead atoms. The molecule has 0 spiro atoms. The third-order valence-electron chi connectivity index (χ3n) is 5.51. The quantitative estimate of drug-likeness (QED) is 0.529. The molecule has 2 heterocycles. The molecule has 35 heavy (non-hydrogen) atoms. The van der Waals surface area contributed by atoms with Crippen LogP contribution in [0.15, 0.2) is 42.9 Å². The number of likely N-dealkylation sites (N-methyl/N-ethyl adjacent to an activating group) is 1. The Morgan fingerprint density at radius 2 is 1.80 bits per heavy atom. The number of hydrogen-bond acceptors (Lipinski definition) is 7. The first-order valence-corrected chi connectivity index (χ1v) is 11.2. The molecule has 2 aromatic rings. The van der Waals surface area contributed by atoms with Crippen molar-refractivity contribution in [3.05, 3.63) is 54.0 Å². The molecule has 1 aliphatic heterocycles. The van der Waals surface area contributed by atoms with Crippen LogP contribution in [0.5, 0.6) is 5.88 Å². The van der Waals surface area contributed by atoms with Gasteiger partial charge in [0.2, 0.25) is 5.88 Å². The summed E-state index contributed by atoms with van der Waals surface area (Å²) in [5.41, 5.74) is -0.698. The molecule has 1 fully saturated rings. The number of carbonyl (C=O) groups is 2. The van der Waals surface area contributed by atoms with Crippen molar-refractivity contribution in [2.24, 2.45) is 0 Å². The number of morpholine rings is 1. The summed E-state index contributed by atoms with van der Waals surface area (Å²) >= 11 is 0. The molecule has 0 aliphatic carbocycles. The molecular formula is C23H28F3N5O4. The molecule has 12 heteroatoms. The second kappa shape index (κ2) is 12.5. The van der Waals surface area contributed by atoms with Crippen LogP contribution in [0.1, 0.15) is 22.3 Å². The number of ether oxygens (including phenoxy) is 2. The summed E-state index contributed by atoms with van der Waals surface area (Å²) < 4.78 is 49.0. The predicted molar refractivity (Wildman–Crippen MR) is 120 cm³/mol. The highest BCUT2D eigenvalue weighted by Crippen LogP contribution is 2.29. The van der Waals surface area contributed by atoms with Crippen molar-refractivity contribution in [1.29, 1.82) is 0 Å². The lowest BCUT2D eigenvalue weighted by Crippen LogP contribution is -2.43. The Labute approximate surface area is 201 Å². The highest BCUT2D eigenvalue weighted by molar-refractivity contribution is 5.94. The molecule has 190 valence electrons.